The van der Waals surface area contributed by atoms with Gasteiger partial charge in [-0.05, 0) is 30.3 Å². The Balaban J connectivity index is 1.87. The van der Waals surface area contributed by atoms with Crippen LogP contribution in [0.15, 0.2) is 73.2 Å². The van der Waals surface area contributed by atoms with E-state index in [1.54, 1.807) is 6.20 Å². The average molecular weight is 359 g/mol. The lowest BCUT2D eigenvalue weighted by Crippen LogP contribution is -1.93. The van der Waals surface area contributed by atoms with Crippen molar-refractivity contribution in [2.75, 3.05) is 0 Å². The molecule has 2 aromatic carbocycles. The van der Waals surface area contributed by atoms with Crippen molar-refractivity contribution in [3.63, 3.8) is 0 Å². The van der Waals surface area contributed by atoms with E-state index in [2.05, 4.69) is 56.8 Å². The van der Waals surface area contributed by atoms with E-state index in [1.807, 2.05) is 24.5 Å². The number of nitrogens with one attached hydrogen (secondary N) is 1. The molecule has 0 unspecified atom stereocenters. The summed E-state index contributed by atoms with van der Waals surface area (Å²) in [6.45, 7) is 0. The number of aromatic amines is 1. The minimum Gasteiger partial charge on any atom is -0.354 e. The summed E-state index contributed by atoms with van der Waals surface area (Å²) in [5, 5.41) is 4.62. The van der Waals surface area contributed by atoms with Gasteiger partial charge in [-0.1, -0.05) is 24.3 Å². The average Bonchev–Trinajstić information content (AvgIpc) is 3.32. The van der Waals surface area contributed by atoms with Crippen LogP contribution < -0.4 is 0 Å². The number of aromatic nitrogens is 5. The zero-order valence-corrected chi connectivity index (χ0v) is 14.7. The Hall–Kier alpha value is -3.99. The molecule has 0 spiro atoms. The van der Waals surface area contributed by atoms with Crippen LogP contribution in [0.3, 0.4) is 0 Å². The smallest absolute Gasteiger partial charge is 0.146 e. The summed E-state index contributed by atoms with van der Waals surface area (Å²) in [5.74, 6) is 0. The molecule has 0 aliphatic rings. The molecular weight excluding hydrogens is 346 g/mol. The maximum atomic E-state index is 4.94. The van der Waals surface area contributed by atoms with Gasteiger partial charge in [-0.3, -0.25) is 14.4 Å². The third kappa shape index (κ3) is 1.60. The molecule has 1 N–H and O–H groups in total. The highest BCUT2D eigenvalue weighted by molar-refractivity contribution is 6.26. The van der Waals surface area contributed by atoms with Gasteiger partial charge in [0.05, 0.1) is 33.8 Å². The van der Waals surface area contributed by atoms with Crippen LogP contribution in [0.2, 0.25) is 0 Å². The Labute approximate surface area is 158 Å². The van der Waals surface area contributed by atoms with Crippen molar-refractivity contribution in [1.29, 1.82) is 0 Å². The number of fused-ring (bicyclic) bond motifs is 12. The summed E-state index contributed by atoms with van der Waals surface area (Å²) in [4.78, 5) is 17.6. The molecule has 130 valence electrons. The minimum absolute atomic E-state index is 0.930. The fourth-order valence-electron chi connectivity index (χ4n) is 4.47. The number of hydrogen-bond donors (Lipinski definition) is 1. The van der Waals surface area contributed by atoms with E-state index in [1.165, 1.54) is 10.8 Å². The van der Waals surface area contributed by atoms with Gasteiger partial charge in [-0.25, -0.2) is 4.98 Å². The van der Waals surface area contributed by atoms with Crippen LogP contribution in [-0.2, 0) is 0 Å². The maximum Gasteiger partial charge on any atom is 0.146 e. The van der Waals surface area contributed by atoms with E-state index < -0.39 is 0 Å². The van der Waals surface area contributed by atoms with Crippen LogP contribution in [0, 0.1) is 0 Å². The zero-order chi connectivity index (χ0) is 18.2. The summed E-state index contributed by atoms with van der Waals surface area (Å²) in [5.41, 5.74) is 7.09. The first-order valence-electron chi connectivity index (χ1n) is 9.22. The van der Waals surface area contributed by atoms with Crippen molar-refractivity contribution in [2.24, 2.45) is 0 Å². The molecule has 28 heavy (non-hydrogen) atoms. The highest BCUT2D eigenvalue weighted by Crippen LogP contribution is 2.37. The number of rotatable bonds is 0. The molecule has 0 amide bonds. The van der Waals surface area contributed by atoms with E-state index in [-0.39, 0.29) is 0 Å². The second-order valence-corrected chi connectivity index (χ2v) is 7.09. The monoisotopic (exact) mass is 359 g/mol. The van der Waals surface area contributed by atoms with Gasteiger partial charge in [0.2, 0.25) is 0 Å². The molecule has 0 saturated heterocycles. The van der Waals surface area contributed by atoms with E-state index in [4.69, 9.17) is 9.97 Å². The molecule has 0 saturated carbocycles. The van der Waals surface area contributed by atoms with Crippen LogP contribution >= 0.6 is 0 Å². The molecular formula is C23H13N5. The van der Waals surface area contributed by atoms with Gasteiger partial charge >= 0.3 is 0 Å². The molecule has 0 fully saturated rings. The first kappa shape index (κ1) is 14.1. The number of pyridine rings is 3. The molecule has 0 radical (unpaired) electrons. The lowest BCUT2D eigenvalue weighted by Gasteiger charge is -2.09. The topological polar surface area (TPSA) is 58.9 Å². The first-order chi connectivity index (χ1) is 13.9. The molecule has 0 bridgehead atoms. The van der Waals surface area contributed by atoms with Gasteiger partial charge in [0, 0.05) is 39.5 Å². The van der Waals surface area contributed by atoms with Gasteiger partial charge < -0.3 is 4.98 Å². The van der Waals surface area contributed by atoms with E-state index >= 15 is 0 Å². The molecule has 0 atom stereocenters. The summed E-state index contributed by atoms with van der Waals surface area (Å²) in [7, 11) is 0. The lowest BCUT2D eigenvalue weighted by atomic mass is 10.0. The van der Waals surface area contributed by atoms with Crippen LogP contribution in [0.1, 0.15) is 0 Å². The number of nitrogens with zero attached hydrogens (tertiary/aromatic N) is 4. The predicted octanol–water partition coefficient (Wildman–Crippen LogP) is 5.22. The summed E-state index contributed by atoms with van der Waals surface area (Å²) < 4.78 is 2.17. The number of hydrogen-bond acceptors (Lipinski definition) is 3. The normalized spacial score (nSPS) is 12.3. The fraction of sp³-hybridized carbons (Fsp3) is 0. The van der Waals surface area contributed by atoms with E-state index in [9.17, 15) is 0 Å². The Morgan fingerprint density at radius 3 is 2.71 bits per heavy atom. The maximum absolute atomic E-state index is 4.94. The second kappa shape index (κ2) is 4.84. The van der Waals surface area contributed by atoms with E-state index in [0.29, 0.717) is 0 Å². The number of H-pyrrole nitrogens is 1. The van der Waals surface area contributed by atoms with Crippen LogP contribution in [0.4, 0.5) is 0 Å². The van der Waals surface area contributed by atoms with Gasteiger partial charge in [0.15, 0.2) is 0 Å². The molecule has 7 rings (SSSR count). The molecule has 0 aliphatic carbocycles. The van der Waals surface area contributed by atoms with Gasteiger partial charge in [0.25, 0.3) is 0 Å². The molecule has 5 nitrogen and oxygen atoms in total. The molecule has 5 aromatic heterocycles. The Morgan fingerprint density at radius 2 is 1.71 bits per heavy atom. The van der Waals surface area contributed by atoms with Crippen LogP contribution in [-0.4, -0.2) is 24.3 Å². The number of para-hydroxylation sites is 1. The zero-order valence-electron chi connectivity index (χ0n) is 14.7. The second-order valence-electron chi connectivity index (χ2n) is 7.09. The molecule has 5 heterocycles. The Kier molecular flexibility index (Phi) is 2.44. The third-order valence-electron chi connectivity index (χ3n) is 5.64. The van der Waals surface area contributed by atoms with Crippen molar-refractivity contribution < 1.29 is 0 Å². The van der Waals surface area contributed by atoms with Crippen molar-refractivity contribution in [2.45, 2.75) is 0 Å². The number of benzene rings is 2. The fourth-order valence-corrected chi connectivity index (χ4v) is 4.47. The quantitative estimate of drug-likeness (QED) is 0.378. The van der Waals surface area contributed by atoms with Crippen molar-refractivity contribution >= 4 is 60.3 Å². The number of imidazole rings is 1. The van der Waals surface area contributed by atoms with Crippen LogP contribution in [0.5, 0.6) is 0 Å². The highest BCUT2D eigenvalue weighted by Gasteiger charge is 2.17. The summed E-state index contributed by atoms with van der Waals surface area (Å²) in [6.07, 6.45) is 5.51. The molecule has 5 heteroatoms. The SMILES string of the molecule is c1ccc2c(c1)[nH]c1c2ccc2c1c1ncccc1n1c3cnccc3nc21. The lowest BCUT2D eigenvalue weighted by molar-refractivity contribution is 1.27. The Bertz CT molecular complexity index is 1720. The van der Waals surface area contributed by atoms with E-state index in [0.717, 1.165) is 49.5 Å². The predicted molar refractivity (Wildman–Crippen MR) is 113 cm³/mol. The molecule has 7 aromatic rings. The van der Waals surface area contributed by atoms with Gasteiger partial charge in [-0.15, -0.1) is 0 Å². The van der Waals surface area contributed by atoms with Gasteiger partial charge in [0.1, 0.15) is 5.65 Å². The summed E-state index contributed by atoms with van der Waals surface area (Å²) >= 11 is 0. The van der Waals surface area contributed by atoms with Crippen molar-refractivity contribution in [1.82, 2.24) is 24.3 Å². The van der Waals surface area contributed by atoms with Crippen LogP contribution in [0.25, 0.3) is 60.3 Å². The Morgan fingerprint density at radius 1 is 0.786 bits per heavy atom. The third-order valence-corrected chi connectivity index (χ3v) is 5.64. The van der Waals surface area contributed by atoms with Gasteiger partial charge in [-0.2, -0.15) is 0 Å². The standard InChI is InChI=1S/C23H13N5/c1-2-5-16-13(4-1)14-7-8-15-20(21(14)26-16)22-18(6-3-10-25-22)28-19-12-24-11-9-17(19)27-23(15)28/h1-12,26H. The first-order valence-corrected chi connectivity index (χ1v) is 9.22. The van der Waals surface area contributed by atoms with Crippen molar-refractivity contribution in [3.8, 4) is 0 Å². The molecule has 0 aliphatic heterocycles. The summed E-state index contributed by atoms with van der Waals surface area (Å²) in [6, 6.07) is 18.8. The largest absolute Gasteiger partial charge is 0.354 e. The highest BCUT2D eigenvalue weighted by atomic mass is 15.0. The van der Waals surface area contributed by atoms with Crippen molar-refractivity contribution in [3.05, 3.63) is 73.2 Å². The minimum atomic E-state index is 0.930.